The van der Waals surface area contributed by atoms with Crippen LogP contribution in [-0.2, 0) is 9.59 Å². The van der Waals surface area contributed by atoms with Crippen LogP contribution in [0.1, 0.15) is 24.9 Å². The number of carboxylic acid groups (broad SMARTS) is 1. The second kappa shape index (κ2) is 5.48. The number of rotatable bonds is 4. The number of aromatic nitrogens is 1. The molecule has 1 aromatic heterocycles. The van der Waals surface area contributed by atoms with Gasteiger partial charge < -0.3 is 10.4 Å². The van der Waals surface area contributed by atoms with Gasteiger partial charge in [-0.1, -0.05) is 24.3 Å². The molecular weight excluding hydrogens is 244 g/mol. The SMILES string of the molecule is CC(=O)NC(CC(=O)O)c1cncc2ccccc12. The van der Waals surface area contributed by atoms with E-state index in [1.165, 1.54) is 6.92 Å². The molecule has 2 aromatic rings. The summed E-state index contributed by atoms with van der Waals surface area (Å²) in [5.74, 6) is -1.23. The molecule has 19 heavy (non-hydrogen) atoms. The number of nitrogens with zero attached hydrogens (tertiary/aromatic N) is 1. The molecule has 2 N–H and O–H groups in total. The van der Waals surface area contributed by atoms with Gasteiger partial charge in [-0.25, -0.2) is 0 Å². The lowest BCUT2D eigenvalue weighted by Gasteiger charge is -2.17. The van der Waals surface area contributed by atoms with E-state index >= 15 is 0 Å². The van der Waals surface area contributed by atoms with E-state index in [0.717, 1.165) is 16.3 Å². The van der Waals surface area contributed by atoms with Crippen molar-refractivity contribution in [3.63, 3.8) is 0 Å². The average Bonchev–Trinajstić information content (AvgIpc) is 2.36. The fourth-order valence-electron chi connectivity index (χ4n) is 2.08. The van der Waals surface area contributed by atoms with Crippen LogP contribution in [0.5, 0.6) is 0 Å². The fourth-order valence-corrected chi connectivity index (χ4v) is 2.08. The molecule has 0 radical (unpaired) electrons. The first-order valence-corrected chi connectivity index (χ1v) is 5.89. The van der Waals surface area contributed by atoms with Crippen LogP contribution >= 0.6 is 0 Å². The Kier molecular flexibility index (Phi) is 3.75. The Balaban J connectivity index is 2.48. The molecule has 1 unspecified atom stereocenters. The van der Waals surface area contributed by atoms with Crippen LogP contribution in [0, 0.1) is 0 Å². The van der Waals surface area contributed by atoms with E-state index in [9.17, 15) is 9.59 Å². The Morgan fingerprint density at radius 3 is 2.74 bits per heavy atom. The predicted molar refractivity (Wildman–Crippen MR) is 70.6 cm³/mol. The number of amides is 1. The molecule has 0 fully saturated rings. The van der Waals surface area contributed by atoms with Crippen molar-refractivity contribution in [2.75, 3.05) is 0 Å². The highest BCUT2D eigenvalue weighted by molar-refractivity contribution is 5.86. The zero-order valence-corrected chi connectivity index (χ0v) is 10.5. The van der Waals surface area contributed by atoms with Gasteiger partial charge >= 0.3 is 5.97 Å². The molecule has 1 amide bonds. The average molecular weight is 258 g/mol. The Bertz CT molecular complexity index is 604. The fraction of sp³-hybridized carbons (Fsp3) is 0.214. The summed E-state index contributed by atoms with van der Waals surface area (Å²) in [5, 5.41) is 13.4. The highest BCUT2D eigenvalue weighted by Crippen LogP contribution is 2.25. The standard InChI is InChI=1S/C14H14N2O3/c1-9(17)16-13(6-14(18)19)12-8-15-7-10-4-2-3-5-11(10)12/h2-5,7-8,13H,6H2,1H3,(H,16,17)(H,18,19). The van der Waals surface area contributed by atoms with Crippen molar-refractivity contribution in [1.82, 2.24) is 10.3 Å². The summed E-state index contributed by atoms with van der Waals surface area (Å²) in [4.78, 5) is 26.3. The zero-order valence-electron chi connectivity index (χ0n) is 10.5. The van der Waals surface area contributed by atoms with Gasteiger partial charge in [0.2, 0.25) is 5.91 Å². The van der Waals surface area contributed by atoms with Crippen molar-refractivity contribution < 1.29 is 14.7 Å². The van der Waals surface area contributed by atoms with Gasteiger partial charge in [0.05, 0.1) is 12.5 Å². The minimum absolute atomic E-state index is 0.171. The van der Waals surface area contributed by atoms with E-state index in [-0.39, 0.29) is 12.3 Å². The maximum atomic E-state index is 11.2. The minimum Gasteiger partial charge on any atom is -0.481 e. The van der Waals surface area contributed by atoms with Crippen LogP contribution in [0.25, 0.3) is 10.8 Å². The molecule has 1 atom stereocenters. The molecule has 98 valence electrons. The van der Waals surface area contributed by atoms with E-state index in [1.54, 1.807) is 12.4 Å². The topological polar surface area (TPSA) is 79.3 Å². The molecule has 0 bridgehead atoms. The van der Waals surface area contributed by atoms with E-state index in [0.29, 0.717) is 0 Å². The molecule has 0 spiro atoms. The number of nitrogens with one attached hydrogen (secondary N) is 1. The second-order valence-electron chi connectivity index (χ2n) is 4.30. The first-order chi connectivity index (χ1) is 9.08. The molecule has 2 rings (SSSR count). The lowest BCUT2D eigenvalue weighted by molar-refractivity contribution is -0.137. The predicted octanol–water partition coefficient (Wildman–Crippen LogP) is 1.89. The van der Waals surface area contributed by atoms with Gasteiger partial charge in [-0.05, 0) is 5.39 Å². The van der Waals surface area contributed by atoms with E-state index in [2.05, 4.69) is 10.3 Å². The second-order valence-corrected chi connectivity index (χ2v) is 4.30. The Labute approximate surface area is 110 Å². The Morgan fingerprint density at radius 2 is 2.05 bits per heavy atom. The number of pyridine rings is 1. The normalized spacial score (nSPS) is 12.1. The molecule has 0 saturated carbocycles. The van der Waals surface area contributed by atoms with Crippen LogP contribution in [0.3, 0.4) is 0 Å². The monoisotopic (exact) mass is 258 g/mol. The molecule has 5 heteroatoms. The number of hydrogen-bond donors (Lipinski definition) is 2. The number of carbonyl (C=O) groups excluding carboxylic acids is 1. The number of benzene rings is 1. The van der Waals surface area contributed by atoms with Crippen LogP contribution in [0.4, 0.5) is 0 Å². The highest BCUT2D eigenvalue weighted by Gasteiger charge is 2.19. The summed E-state index contributed by atoms with van der Waals surface area (Å²) in [5.41, 5.74) is 0.718. The van der Waals surface area contributed by atoms with Crippen LogP contribution in [0.2, 0.25) is 0 Å². The Hall–Kier alpha value is -2.43. The van der Waals surface area contributed by atoms with Crippen molar-refractivity contribution in [2.45, 2.75) is 19.4 Å². The van der Waals surface area contributed by atoms with Gasteiger partial charge in [-0.15, -0.1) is 0 Å². The maximum Gasteiger partial charge on any atom is 0.305 e. The smallest absolute Gasteiger partial charge is 0.305 e. The van der Waals surface area contributed by atoms with Crippen molar-refractivity contribution in [2.24, 2.45) is 0 Å². The maximum absolute atomic E-state index is 11.2. The molecule has 0 aliphatic heterocycles. The first kappa shape index (κ1) is 13.0. The summed E-state index contributed by atoms with van der Waals surface area (Å²) in [6.07, 6.45) is 3.14. The summed E-state index contributed by atoms with van der Waals surface area (Å²) in [7, 11) is 0. The third-order valence-electron chi connectivity index (χ3n) is 2.83. The summed E-state index contributed by atoms with van der Waals surface area (Å²) >= 11 is 0. The van der Waals surface area contributed by atoms with Crippen molar-refractivity contribution >= 4 is 22.6 Å². The molecule has 0 aliphatic rings. The van der Waals surface area contributed by atoms with Crippen molar-refractivity contribution in [3.8, 4) is 0 Å². The summed E-state index contributed by atoms with van der Waals surface area (Å²) < 4.78 is 0. The molecule has 0 aliphatic carbocycles. The molecule has 5 nitrogen and oxygen atoms in total. The largest absolute Gasteiger partial charge is 0.481 e. The number of hydrogen-bond acceptors (Lipinski definition) is 3. The van der Waals surface area contributed by atoms with Crippen molar-refractivity contribution in [1.29, 1.82) is 0 Å². The van der Waals surface area contributed by atoms with Crippen LogP contribution in [-0.4, -0.2) is 22.0 Å². The lowest BCUT2D eigenvalue weighted by Crippen LogP contribution is -2.28. The highest BCUT2D eigenvalue weighted by atomic mass is 16.4. The summed E-state index contributed by atoms with van der Waals surface area (Å²) in [6.45, 7) is 1.37. The number of carboxylic acids is 1. The van der Waals surface area contributed by atoms with Gasteiger partial charge in [-0.2, -0.15) is 0 Å². The van der Waals surface area contributed by atoms with E-state index in [4.69, 9.17) is 5.11 Å². The summed E-state index contributed by atoms with van der Waals surface area (Å²) in [6, 6.07) is 6.98. The van der Waals surface area contributed by atoms with Crippen LogP contribution < -0.4 is 5.32 Å². The van der Waals surface area contributed by atoms with Gasteiger partial charge in [0, 0.05) is 30.3 Å². The third-order valence-corrected chi connectivity index (χ3v) is 2.83. The van der Waals surface area contributed by atoms with Gasteiger partial charge in [0.15, 0.2) is 0 Å². The third kappa shape index (κ3) is 3.07. The quantitative estimate of drug-likeness (QED) is 0.877. The van der Waals surface area contributed by atoms with E-state index in [1.807, 2.05) is 24.3 Å². The van der Waals surface area contributed by atoms with Gasteiger partial charge in [0.1, 0.15) is 0 Å². The molecule has 1 heterocycles. The van der Waals surface area contributed by atoms with Crippen LogP contribution in [0.15, 0.2) is 36.7 Å². The number of carbonyl (C=O) groups is 2. The zero-order chi connectivity index (χ0) is 13.8. The number of aliphatic carboxylic acids is 1. The lowest BCUT2D eigenvalue weighted by atomic mass is 9.99. The first-order valence-electron chi connectivity index (χ1n) is 5.89. The van der Waals surface area contributed by atoms with Crippen molar-refractivity contribution in [3.05, 3.63) is 42.2 Å². The molecule has 1 aromatic carbocycles. The molecular formula is C14H14N2O3. The Morgan fingerprint density at radius 1 is 1.32 bits per heavy atom. The number of fused-ring (bicyclic) bond motifs is 1. The van der Waals surface area contributed by atoms with Gasteiger partial charge in [0.25, 0.3) is 0 Å². The molecule has 0 saturated heterocycles. The minimum atomic E-state index is -0.966. The van der Waals surface area contributed by atoms with E-state index < -0.39 is 12.0 Å². The van der Waals surface area contributed by atoms with Gasteiger partial charge in [-0.3, -0.25) is 14.6 Å².